The number of rotatable bonds is 2. The summed E-state index contributed by atoms with van der Waals surface area (Å²) in [4.78, 5) is 14.8. The first-order valence-electron chi connectivity index (χ1n) is 6.35. The molecule has 6 heteroatoms. The summed E-state index contributed by atoms with van der Waals surface area (Å²) < 4.78 is 0. The highest BCUT2D eigenvalue weighted by atomic mass is 35.5. The number of carbonyl (C=O) groups excluding carboxylic acids is 1. The molecule has 0 spiro atoms. The number of hydrogen-bond donors (Lipinski definition) is 3. The molecule has 2 heterocycles. The number of H-pyrrole nitrogens is 1. The van der Waals surface area contributed by atoms with Crippen LogP contribution in [0.1, 0.15) is 22.5 Å². The minimum atomic E-state index is -0.269. The van der Waals surface area contributed by atoms with E-state index in [1.165, 1.54) is 11.6 Å². The van der Waals surface area contributed by atoms with Gasteiger partial charge in [0.25, 0.3) is 5.91 Å². The number of carbonyl (C=O) groups is 1. The molecule has 0 radical (unpaired) electrons. The van der Waals surface area contributed by atoms with Gasteiger partial charge in [0.05, 0.1) is 5.02 Å². The van der Waals surface area contributed by atoms with Crippen LogP contribution in [0.5, 0.6) is 0 Å². The highest BCUT2D eigenvalue weighted by molar-refractivity contribution is 6.41. The van der Waals surface area contributed by atoms with E-state index in [1.54, 1.807) is 0 Å². The van der Waals surface area contributed by atoms with E-state index in [0.29, 0.717) is 10.7 Å². The number of benzene rings is 1. The lowest BCUT2D eigenvalue weighted by molar-refractivity contribution is 0.102. The number of amides is 1. The molecule has 1 aliphatic heterocycles. The molecular formula is C14H13Cl2N3O. The van der Waals surface area contributed by atoms with Gasteiger partial charge in [-0.3, -0.25) is 4.79 Å². The molecule has 0 unspecified atom stereocenters. The summed E-state index contributed by atoms with van der Waals surface area (Å²) in [5.74, 6) is -0.269. The van der Waals surface area contributed by atoms with Gasteiger partial charge in [0.2, 0.25) is 0 Å². The highest BCUT2D eigenvalue weighted by Gasteiger charge is 2.13. The minimum absolute atomic E-state index is 0.268. The van der Waals surface area contributed by atoms with Gasteiger partial charge in [-0.2, -0.15) is 0 Å². The van der Waals surface area contributed by atoms with Crippen molar-refractivity contribution in [3.05, 3.63) is 45.7 Å². The Morgan fingerprint density at radius 2 is 2.10 bits per heavy atom. The molecule has 0 fully saturated rings. The van der Waals surface area contributed by atoms with E-state index in [4.69, 9.17) is 23.2 Å². The fourth-order valence-corrected chi connectivity index (χ4v) is 2.58. The predicted molar refractivity (Wildman–Crippen MR) is 82.0 cm³/mol. The quantitative estimate of drug-likeness (QED) is 0.787. The van der Waals surface area contributed by atoms with Crippen molar-refractivity contribution in [3.8, 4) is 0 Å². The Kier molecular flexibility index (Phi) is 3.59. The topological polar surface area (TPSA) is 56.9 Å². The number of aromatic nitrogens is 1. The molecule has 3 N–H and O–H groups in total. The molecular weight excluding hydrogens is 297 g/mol. The number of fused-ring (bicyclic) bond motifs is 1. The van der Waals surface area contributed by atoms with Crippen LogP contribution < -0.4 is 10.6 Å². The van der Waals surface area contributed by atoms with Crippen LogP contribution in [0.25, 0.3) is 0 Å². The average Bonchev–Trinajstić information content (AvgIpc) is 2.79. The van der Waals surface area contributed by atoms with E-state index >= 15 is 0 Å². The predicted octanol–water partition coefficient (Wildman–Crippen LogP) is 3.93. The van der Waals surface area contributed by atoms with E-state index in [9.17, 15) is 4.79 Å². The number of aromatic amines is 1. The van der Waals surface area contributed by atoms with Gasteiger partial charge in [-0.25, -0.2) is 0 Å². The molecule has 1 aliphatic rings. The Balaban J connectivity index is 1.79. The van der Waals surface area contributed by atoms with Gasteiger partial charge in [0, 0.05) is 17.9 Å². The second-order valence-electron chi connectivity index (χ2n) is 4.70. The fourth-order valence-electron chi connectivity index (χ4n) is 2.26. The van der Waals surface area contributed by atoms with Crippen molar-refractivity contribution in [1.82, 2.24) is 4.98 Å². The Hall–Kier alpha value is -1.65. The van der Waals surface area contributed by atoms with Gasteiger partial charge in [0.1, 0.15) is 10.8 Å². The van der Waals surface area contributed by atoms with Crippen molar-refractivity contribution in [2.45, 2.75) is 12.8 Å². The zero-order valence-electron chi connectivity index (χ0n) is 10.6. The van der Waals surface area contributed by atoms with Crippen LogP contribution in [-0.4, -0.2) is 17.4 Å². The molecule has 1 aromatic carbocycles. The lowest BCUT2D eigenvalue weighted by Gasteiger charge is -2.18. The number of halogens is 2. The average molecular weight is 310 g/mol. The molecule has 0 aliphatic carbocycles. The number of anilines is 2. The molecule has 1 aromatic heterocycles. The minimum Gasteiger partial charge on any atom is -0.385 e. The first kappa shape index (κ1) is 13.3. The largest absolute Gasteiger partial charge is 0.385 e. The van der Waals surface area contributed by atoms with E-state index in [2.05, 4.69) is 15.6 Å². The van der Waals surface area contributed by atoms with Gasteiger partial charge < -0.3 is 15.6 Å². The molecule has 20 heavy (non-hydrogen) atoms. The number of nitrogens with one attached hydrogen (secondary N) is 3. The lowest BCUT2D eigenvalue weighted by atomic mass is 10.0. The van der Waals surface area contributed by atoms with Crippen LogP contribution in [0.2, 0.25) is 10.2 Å². The third-order valence-corrected chi connectivity index (χ3v) is 3.97. The molecule has 0 bridgehead atoms. The van der Waals surface area contributed by atoms with Gasteiger partial charge in [-0.1, -0.05) is 29.3 Å². The number of aryl methyl sites for hydroxylation is 1. The van der Waals surface area contributed by atoms with Crippen molar-refractivity contribution in [3.63, 3.8) is 0 Å². The van der Waals surface area contributed by atoms with Crippen molar-refractivity contribution in [2.24, 2.45) is 0 Å². The van der Waals surface area contributed by atoms with Crippen molar-refractivity contribution in [2.75, 3.05) is 17.2 Å². The van der Waals surface area contributed by atoms with Crippen LogP contribution in [0, 0.1) is 0 Å². The van der Waals surface area contributed by atoms with Crippen LogP contribution in [0.4, 0.5) is 11.4 Å². The standard InChI is InChI=1S/C14H13Cl2N3O/c15-10-7-12(19-13(10)16)14(20)18-9-4-3-8-2-1-5-17-11(8)6-9/h3-4,6-7,17,19H,1-2,5H2,(H,18,20). The smallest absolute Gasteiger partial charge is 0.272 e. The Bertz CT molecular complexity index is 647. The van der Waals surface area contributed by atoms with Crippen molar-refractivity contribution >= 4 is 40.5 Å². The van der Waals surface area contributed by atoms with Crippen molar-refractivity contribution in [1.29, 1.82) is 0 Å². The summed E-state index contributed by atoms with van der Waals surface area (Å²) in [5.41, 5.74) is 3.44. The highest BCUT2D eigenvalue weighted by Crippen LogP contribution is 2.26. The molecule has 3 rings (SSSR count). The maximum atomic E-state index is 12.1. The molecule has 2 aromatic rings. The normalized spacial score (nSPS) is 13.5. The fraction of sp³-hybridized carbons (Fsp3) is 0.214. The zero-order valence-corrected chi connectivity index (χ0v) is 12.1. The van der Waals surface area contributed by atoms with Crippen molar-refractivity contribution < 1.29 is 4.79 Å². The van der Waals surface area contributed by atoms with Crippen LogP contribution in [0.15, 0.2) is 24.3 Å². The second kappa shape index (κ2) is 5.38. The summed E-state index contributed by atoms with van der Waals surface area (Å²) in [6, 6.07) is 7.39. The summed E-state index contributed by atoms with van der Waals surface area (Å²) in [7, 11) is 0. The second-order valence-corrected chi connectivity index (χ2v) is 5.49. The van der Waals surface area contributed by atoms with E-state index < -0.39 is 0 Å². The summed E-state index contributed by atoms with van der Waals surface area (Å²) in [6.07, 6.45) is 2.20. The zero-order chi connectivity index (χ0) is 14.1. The Morgan fingerprint density at radius 1 is 1.25 bits per heavy atom. The third kappa shape index (κ3) is 2.62. The van der Waals surface area contributed by atoms with E-state index in [1.807, 2.05) is 18.2 Å². The van der Waals surface area contributed by atoms with Crippen LogP contribution in [-0.2, 0) is 6.42 Å². The van der Waals surface area contributed by atoms with Gasteiger partial charge >= 0.3 is 0 Å². The first-order chi connectivity index (χ1) is 9.63. The molecule has 1 amide bonds. The Morgan fingerprint density at radius 3 is 2.85 bits per heavy atom. The van der Waals surface area contributed by atoms with E-state index in [0.717, 1.165) is 30.8 Å². The maximum Gasteiger partial charge on any atom is 0.272 e. The van der Waals surface area contributed by atoms with E-state index in [-0.39, 0.29) is 11.1 Å². The van der Waals surface area contributed by atoms with Gasteiger partial charge in [0.15, 0.2) is 0 Å². The SMILES string of the molecule is O=C(Nc1ccc2c(c1)NCCC2)c1cc(Cl)c(Cl)[nH]1. The van der Waals surface area contributed by atoms with Crippen LogP contribution in [0.3, 0.4) is 0 Å². The summed E-state index contributed by atoms with van der Waals surface area (Å²) >= 11 is 11.6. The third-order valence-electron chi connectivity index (χ3n) is 3.28. The summed E-state index contributed by atoms with van der Waals surface area (Å²) in [5, 5.41) is 6.75. The van der Waals surface area contributed by atoms with Crippen LogP contribution >= 0.6 is 23.2 Å². The lowest BCUT2D eigenvalue weighted by Crippen LogP contribution is -2.15. The maximum absolute atomic E-state index is 12.1. The van der Waals surface area contributed by atoms with Gasteiger partial charge in [-0.15, -0.1) is 0 Å². The monoisotopic (exact) mass is 309 g/mol. The number of hydrogen-bond acceptors (Lipinski definition) is 2. The molecule has 0 saturated carbocycles. The molecule has 0 atom stereocenters. The molecule has 104 valence electrons. The molecule has 0 saturated heterocycles. The van der Waals surface area contributed by atoms with Gasteiger partial charge in [-0.05, 0) is 36.6 Å². The first-order valence-corrected chi connectivity index (χ1v) is 7.11. The summed E-state index contributed by atoms with van der Waals surface area (Å²) in [6.45, 7) is 0.965. The Labute approximate surface area is 126 Å². The molecule has 4 nitrogen and oxygen atoms in total.